The Morgan fingerprint density at radius 3 is 2.76 bits per heavy atom. The molecule has 1 aliphatic rings. The lowest BCUT2D eigenvalue weighted by Gasteiger charge is -2.07. The van der Waals surface area contributed by atoms with Crippen molar-refractivity contribution < 1.29 is 0 Å². The summed E-state index contributed by atoms with van der Waals surface area (Å²) < 4.78 is 2.93. The third-order valence-electron chi connectivity index (χ3n) is 5.76. The van der Waals surface area contributed by atoms with Crippen LogP contribution in [0.5, 0.6) is 0 Å². The summed E-state index contributed by atoms with van der Waals surface area (Å²) >= 11 is 1.62. The molecule has 5 aromatic rings. The van der Waals surface area contributed by atoms with Gasteiger partial charge in [-0.3, -0.25) is 14.8 Å². The molecule has 0 bridgehead atoms. The molecule has 6 rings (SSSR count). The number of aromatic nitrogens is 3. The number of benzene rings is 1. The second kappa shape index (κ2) is 6.36. The molecule has 4 aromatic heterocycles. The van der Waals surface area contributed by atoms with Gasteiger partial charge in [0.05, 0.1) is 10.9 Å². The molecule has 0 aliphatic heterocycles. The van der Waals surface area contributed by atoms with Crippen molar-refractivity contribution in [1.82, 2.24) is 14.5 Å². The molecule has 0 amide bonds. The van der Waals surface area contributed by atoms with Gasteiger partial charge in [0.25, 0.3) is 5.56 Å². The van der Waals surface area contributed by atoms with Gasteiger partial charge in [-0.1, -0.05) is 24.3 Å². The number of nitrogens with zero attached hydrogens (tertiary/aromatic N) is 3. The van der Waals surface area contributed by atoms with E-state index in [4.69, 9.17) is 4.98 Å². The number of para-hydroxylation sites is 1. The second-order valence-electron chi connectivity index (χ2n) is 7.49. The van der Waals surface area contributed by atoms with Crippen molar-refractivity contribution in [3.63, 3.8) is 0 Å². The first-order chi connectivity index (χ1) is 14.3. The molecule has 1 fully saturated rings. The number of fused-ring (bicyclic) bond motifs is 2. The van der Waals surface area contributed by atoms with Gasteiger partial charge in [0.2, 0.25) is 0 Å². The van der Waals surface area contributed by atoms with Crippen LogP contribution in [0.1, 0.15) is 24.1 Å². The molecule has 5 heteroatoms. The highest BCUT2D eigenvalue weighted by atomic mass is 32.1. The predicted molar refractivity (Wildman–Crippen MR) is 117 cm³/mol. The summed E-state index contributed by atoms with van der Waals surface area (Å²) in [6, 6.07) is 18.5. The third kappa shape index (κ3) is 2.69. The Labute approximate surface area is 171 Å². The standard InChI is InChI=1S/C24H17N3OS/c28-24-23-18(15-7-10-25-11-8-15)14-29-22(23)9-12-27(24)21-13-17(21)20-6-5-16-3-1-2-4-19(16)26-20/h1-12,14,17,21H,13H2. The molecule has 2 unspecified atom stereocenters. The van der Waals surface area contributed by atoms with Crippen molar-refractivity contribution in [2.24, 2.45) is 0 Å². The molecule has 29 heavy (non-hydrogen) atoms. The lowest BCUT2D eigenvalue weighted by Crippen LogP contribution is -2.18. The largest absolute Gasteiger partial charge is 0.311 e. The van der Waals surface area contributed by atoms with Crippen molar-refractivity contribution in [1.29, 1.82) is 0 Å². The summed E-state index contributed by atoms with van der Waals surface area (Å²) in [5.74, 6) is 0.290. The summed E-state index contributed by atoms with van der Waals surface area (Å²) in [5.41, 5.74) is 4.19. The van der Waals surface area contributed by atoms with Crippen LogP contribution in [-0.2, 0) is 0 Å². The lowest BCUT2D eigenvalue weighted by atomic mass is 10.1. The Morgan fingerprint density at radius 2 is 1.86 bits per heavy atom. The number of rotatable bonds is 3. The van der Waals surface area contributed by atoms with E-state index in [2.05, 4.69) is 34.6 Å². The quantitative estimate of drug-likeness (QED) is 0.411. The van der Waals surface area contributed by atoms with E-state index in [-0.39, 0.29) is 17.5 Å². The van der Waals surface area contributed by atoms with Crippen LogP contribution in [0.15, 0.2) is 83.4 Å². The van der Waals surface area contributed by atoms with E-state index in [9.17, 15) is 4.79 Å². The van der Waals surface area contributed by atoms with E-state index < -0.39 is 0 Å². The van der Waals surface area contributed by atoms with Crippen molar-refractivity contribution >= 4 is 32.3 Å². The van der Waals surface area contributed by atoms with Gasteiger partial charge in [0, 0.05) is 57.3 Å². The third-order valence-corrected chi connectivity index (χ3v) is 6.71. The maximum atomic E-state index is 13.4. The number of pyridine rings is 3. The van der Waals surface area contributed by atoms with Gasteiger partial charge in [-0.15, -0.1) is 11.3 Å². The average Bonchev–Trinajstić information content (AvgIpc) is 3.44. The van der Waals surface area contributed by atoms with Crippen LogP contribution in [0.2, 0.25) is 0 Å². The second-order valence-corrected chi connectivity index (χ2v) is 8.40. The highest BCUT2D eigenvalue weighted by Crippen LogP contribution is 2.50. The van der Waals surface area contributed by atoms with Crippen LogP contribution in [0.3, 0.4) is 0 Å². The summed E-state index contributed by atoms with van der Waals surface area (Å²) in [6.45, 7) is 0. The van der Waals surface area contributed by atoms with Crippen LogP contribution in [0, 0.1) is 0 Å². The minimum atomic E-state index is 0.0869. The molecule has 140 valence electrons. The normalized spacial score (nSPS) is 18.3. The van der Waals surface area contributed by atoms with E-state index in [1.165, 1.54) is 0 Å². The molecule has 4 nitrogen and oxygen atoms in total. The van der Waals surface area contributed by atoms with E-state index in [0.717, 1.165) is 44.2 Å². The van der Waals surface area contributed by atoms with Gasteiger partial charge in [0.1, 0.15) is 0 Å². The molecule has 0 N–H and O–H groups in total. The number of hydrogen-bond acceptors (Lipinski definition) is 4. The smallest absolute Gasteiger partial charge is 0.260 e. The molecule has 1 aliphatic carbocycles. The van der Waals surface area contributed by atoms with E-state index in [0.29, 0.717) is 0 Å². The predicted octanol–water partition coefficient (Wildman–Crippen LogP) is 5.40. The first kappa shape index (κ1) is 16.6. The van der Waals surface area contributed by atoms with Gasteiger partial charge < -0.3 is 4.57 Å². The summed E-state index contributed by atoms with van der Waals surface area (Å²) in [4.78, 5) is 22.3. The topological polar surface area (TPSA) is 47.8 Å². The Bertz CT molecular complexity index is 1420. The molecule has 0 spiro atoms. The van der Waals surface area contributed by atoms with Crippen LogP contribution in [-0.4, -0.2) is 14.5 Å². The van der Waals surface area contributed by atoms with Gasteiger partial charge in [0.15, 0.2) is 0 Å². The molecule has 1 aromatic carbocycles. The molecule has 0 saturated heterocycles. The molecular weight excluding hydrogens is 378 g/mol. The first-order valence-electron chi connectivity index (χ1n) is 9.68. The minimum Gasteiger partial charge on any atom is -0.311 e. The lowest BCUT2D eigenvalue weighted by molar-refractivity contribution is 0.688. The highest BCUT2D eigenvalue weighted by molar-refractivity contribution is 7.17. The van der Waals surface area contributed by atoms with E-state index in [1.807, 2.05) is 41.1 Å². The fourth-order valence-corrected chi connectivity index (χ4v) is 5.11. The van der Waals surface area contributed by atoms with Crippen LogP contribution < -0.4 is 5.56 Å². The molecule has 4 heterocycles. The Kier molecular flexibility index (Phi) is 3.64. The monoisotopic (exact) mass is 395 g/mol. The number of hydrogen-bond donors (Lipinski definition) is 0. The van der Waals surface area contributed by atoms with Gasteiger partial charge in [-0.25, -0.2) is 0 Å². The van der Waals surface area contributed by atoms with Crippen molar-refractivity contribution in [3.05, 3.63) is 94.6 Å². The van der Waals surface area contributed by atoms with Crippen LogP contribution in [0.4, 0.5) is 0 Å². The Balaban J connectivity index is 1.41. The van der Waals surface area contributed by atoms with Gasteiger partial charge in [-0.05, 0) is 42.3 Å². The Morgan fingerprint density at radius 1 is 1.00 bits per heavy atom. The molecular formula is C24H17N3OS. The fraction of sp³-hybridized carbons (Fsp3) is 0.125. The number of thiophene rings is 1. The fourth-order valence-electron chi connectivity index (χ4n) is 4.16. The zero-order chi connectivity index (χ0) is 19.4. The SMILES string of the molecule is O=c1c2c(-c3ccncc3)csc2ccn1C1CC1c1ccc2ccccc2n1. The summed E-state index contributed by atoms with van der Waals surface area (Å²) in [6.07, 6.45) is 6.43. The zero-order valence-corrected chi connectivity index (χ0v) is 16.3. The van der Waals surface area contributed by atoms with Crippen LogP contribution >= 0.6 is 11.3 Å². The van der Waals surface area contributed by atoms with Crippen molar-refractivity contribution in [3.8, 4) is 11.1 Å². The van der Waals surface area contributed by atoms with E-state index >= 15 is 0 Å². The average molecular weight is 395 g/mol. The first-order valence-corrected chi connectivity index (χ1v) is 10.6. The van der Waals surface area contributed by atoms with Gasteiger partial charge in [-0.2, -0.15) is 0 Å². The minimum absolute atomic E-state index is 0.0869. The Hall–Kier alpha value is -3.31. The molecule has 0 radical (unpaired) electrons. The summed E-state index contributed by atoms with van der Waals surface area (Å²) in [7, 11) is 0. The highest BCUT2D eigenvalue weighted by Gasteiger charge is 2.41. The van der Waals surface area contributed by atoms with Crippen molar-refractivity contribution in [2.75, 3.05) is 0 Å². The van der Waals surface area contributed by atoms with Gasteiger partial charge >= 0.3 is 0 Å². The molecule has 2 atom stereocenters. The zero-order valence-electron chi connectivity index (χ0n) is 15.5. The molecule has 1 saturated carbocycles. The van der Waals surface area contributed by atoms with Crippen molar-refractivity contribution in [2.45, 2.75) is 18.4 Å². The maximum absolute atomic E-state index is 13.4. The van der Waals surface area contributed by atoms with E-state index in [1.54, 1.807) is 23.7 Å². The summed E-state index contributed by atoms with van der Waals surface area (Å²) in [5, 5.41) is 4.02. The van der Waals surface area contributed by atoms with Crippen LogP contribution in [0.25, 0.3) is 32.1 Å². The maximum Gasteiger partial charge on any atom is 0.260 e.